The van der Waals surface area contributed by atoms with Gasteiger partial charge in [0.2, 0.25) is 0 Å². The second-order valence-electron chi connectivity index (χ2n) is 5.39. The van der Waals surface area contributed by atoms with Gasteiger partial charge in [-0.25, -0.2) is 4.79 Å². The highest BCUT2D eigenvalue weighted by Gasteiger charge is 2.17. The van der Waals surface area contributed by atoms with Crippen LogP contribution in [0.25, 0.3) is 0 Å². The molecule has 0 radical (unpaired) electrons. The van der Waals surface area contributed by atoms with E-state index in [4.69, 9.17) is 5.73 Å². The van der Waals surface area contributed by atoms with Crippen molar-refractivity contribution < 1.29 is 9.59 Å². The number of thiophene rings is 2. The number of anilines is 1. The average Bonchev–Trinajstić information content (AvgIpc) is 3.28. The molecule has 0 unspecified atom stereocenters. The number of nitrogens with one attached hydrogen (secondary N) is 1. The number of rotatable bonds is 6. The number of urea groups is 1. The van der Waals surface area contributed by atoms with Crippen molar-refractivity contribution in [1.82, 2.24) is 4.90 Å². The van der Waals surface area contributed by atoms with E-state index in [0.29, 0.717) is 24.3 Å². The van der Waals surface area contributed by atoms with E-state index in [0.717, 1.165) is 9.75 Å². The first-order chi connectivity index (χ1) is 12.1. The maximum Gasteiger partial charge on any atom is 0.316 e. The summed E-state index contributed by atoms with van der Waals surface area (Å²) in [5.41, 5.74) is 6.23. The minimum absolute atomic E-state index is 0.0487. The second-order valence-corrected chi connectivity index (χ2v) is 7.45. The molecule has 0 saturated carbocycles. The zero-order chi connectivity index (χ0) is 17.6. The van der Waals surface area contributed by atoms with Gasteiger partial charge in [-0.3, -0.25) is 4.79 Å². The third-order valence-corrected chi connectivity index (χ3v) is 5.26. The highest BCUT2D eigenvalue weighted by molar-refractivity contribution is 7.10. The van der Waals surface area contributed by atoms with E-state index < -0.39 is 6.03 Å². The monoisotopic (exact) mass is 371 g/mol. The van der Waals surface area contributed by atoms with Gasteiger partial charge in [0.05, 0.1) is 13.1 Å². The number of carbonyl (C=O) groups is 2. The van der Waals surface area contributed by atoms with Crippen molar-refractivity contribution in [3.8, 4) is 0 Å². The zero-order valence-corrected chi connectivity index (χ0v) is 15.0. The molecule has 0 aliphatic heterocycles. The molecule has 25 heavy (non-hydrogen) atoms. The van der Waals surface area contributed by atoms with E-state index >= 15 is 0 Å². The Morgan fingerprint density at radius 3 is 1.92 bits per heavy atom. The SMILES string of the molecule is NC(=O)Nc1ccc(C(=O)N(Cc2cccs2)Cc2cccs2)cc1. The van der Waals surface area contributed by atoms with Crippen molar-refractivity contribution in [3.63, 3.8) is 0 Å². The second kappa shape index (κ2) is 7.96. The molecular weight excluding hydrogens is 354 g/mol. The van der Waals surface area contributed by atoms with Gasteiger partial charge in [0.1, 0.15) is 0 Å². The summed E-state index contributed by atoms with van der Waals surface area (Å²) in [6.45, 7) is 1.13. The van der Waals surface area contributed by atoms with Gasteiger partial charge in [-0.15, -0.1) is 22.7 Å². The molecule has 128 valence electrons. The van der Waals surface area contributed by atoms with Crippen LogP contribution >= 0.6 is 22.7 Å². The lowest BCUT2D eigenvalue weighted by Crippen LogP contribution is -2.29. The number of benzene rings is 1. The summed E-state index contributed by atoms with van der Waals surface area (Å²) in [5.74, 6) is -0.0487. The van der Waals surface area contributed by atoms with Crippen LogP contribution in [0.1, 0.15) is 20.1 Å². The number of nitrogens with zero attached hydrogens (tertiary/aromatic N) is 1. The van der Waals surface area contributed by atoms with Crippen LogP contribution < -0.4 is 11.1 Å². The maximum absolute atomic E-state index is 13.0. The van der Waals surface area contributed by atoms with Crippen molar-refractivity contribution in [2.45, 2.75) is 13.1 Å². The molecule has 0 spiro atoms. The minimum atomic E-state index is -0.629. The van der Waals surface area contributed by atoms with Gasteiger partial charge in [-0.1, -0.05) is 12.1 Å². The van der Waals surface area contributed by atoms with Crippen LogP contribution in [-0.2, 0) is 13.1 Å². The summed E-state index contributed by atoms with van der Waals surface area (Å²) in [5, 5.41) is 6.50. The molecule has 5 nitrogen and oxygen atoms in total. The Balaban J connectivity index is 1.78. The molecule has 2 heterocycles. The maximum atomic E-state index is 13.0. The van der Waals surface area contributed by atoms with Crippen LogP contribution in [0.3, 0.4) is 0 Å². The lowest BCUT2D eigenvalue weighted by Gasteiger charge is -2.22. The van der Waals surface area contributed by atoms with Crippen LogP contribution in [0.15, 0.2) is 59.3 Å². The normalized spacial score (nSPS) is 10.4. The Kier molecular flexibility index (Phi) is 5.47. The van der Waals surface area contributed by atoms with Gasteiger partial charge >= 0.3 is 6.03 Å². The van der Waals surface area contributed by atoms with Crippen molar-refractivity contribution in [3.05, 3.63) is 74.6 Å². The number of carbonyl (C=O) groups excluding carboxylic acids is 2. The highest BCUT2D eigenvalue weighted by atomic mass is 32.1. The number of primary amides is 1. The average molecular weight is 371 g/mol. The molecule has 3 rings (SSSR count). The molecular formula is C18H17N3O2S2. The molecule has 0 aliphatic carbocycles. The van der Waals surface area contributed by atoms with Crippen molar-refractivity contribution in [1.29, 1.82) is 0 Å². The summed E-state index contributed by atoms with van der Waals surface area (Å²) < 4.78 is 0. The van der Waals surface area contributed by atoms with Crippen LogP contribution in [-0.4, -0.2) is 16.8 Å². The Morgan fingerprint density at radius 1 is 0.920 bits per heavy atom. The van der Waals surface area contributed by atoms with Gasteiger partial charge < -0.3 is 16.0 Å². The first kappa shape index (κ1) is 17.2. The standard InChI is InChI=1S/C18H17N3O2S2/c19-18(23)20-14-7-5-13(6-8-14)17(22)21(11-15-3-1-9-24-15)12-16-4-2-10-25-16/h1-10H,11-12H2,(H3,19,20,23). The summed E-state index contributed by atoms with van der Waals surface area (Å²) in [4.78, 5) is 27.9. The highest BCUT2D eigenvalue weighted by Crippen LogP contribution is 2.20. The Bertz CT molecular complexity index is 792. The van der Waals surface area contributed by atoms with E-state index in [9.17, 15) is 9.59 Å². The number of nitrogens with two attached hydrogens (primary N) is 1. The van der Waals surface area contributed by atoms with Crippen LogP contribution in [0, 0.1) is 0 Å². The van der Waals surface area contributed by atoms with E-state index in [2.05, 4.69) is 5.32 Å². The van der Waals surface area contributed by atoms with E-state index in [-0.39, 0.29) is 5.91 Å². The Morgan fingerprint density at radius 2 is 1.48 bits per heavy atom. The Hall–Kier alpha value is -2.64. The van der Waals surface area contributed by atoms with Gasteiger partial charge in [-0.2, -0.15) is 0 Å². The first-order valence-corrected chi connectivity index (χ1v) is 9.38. The van der Waals surface area contributed by atoms with Gasteiger partial charge in [0.25, 0.3) is 5.91 Å². The van der Waals surface area contributed by atoms with Crippen LogP contribution in [0.2, 0.25) is 0 Å². The van der Waals surface area contributed by atoms with Crippen molar-refractivity contribution in [2.75, 3.05) is 5.32 Å². The molecule has 2 aromatic heterocycles. The third kappa shape index (κ3) is 4.68. The van der Waals surface area contributed by atoms with E-state index in [1.807, 2.05) is 39.9 Å². The van der Waals surface area contributed by atoms with E-state index in [1.165, 1.54) is 0 Å². The fourth-order valence-corrected chi connectivity index (χ4v) is 3.84. The molecule has 3 amide bonds. The van der Waals surface area contributed by atoms with Crippen LogP contribution in [0.5, 0.6) is 0 Å². The minimum Gasteiger partial charge on any atom is -0.351 e. The molecule has 0 bridgehead atoms. The topological polar surface area (TPSA) is 75.4 Å². The summed E-state index contributed by atoms with van der Waals surface area (Å²) >= 11 is 3.27. The quantitative estimate of drug-likeness (QED) is 0.683. The van der Waals surface area contributed by atoms with Crippen molar-refractivity contribution in [2.24, 2.45) is 5.73 Å². The number of hydrogen-bond donors (Lipinski definition) is 2. The number of amides is 3. The number of hydrogen-bond acceptors (Lipinski definition) is 4. The predicted octanol–water partition coefficient (Wildman–Crippen LogP) is 4.14. The largest absolute Gasteiger partial charge is 0.351 e. The van der Waals surface area contributed by atoms with Gasteiger partial charge in [0, 0.05) is 21.0 Å². The summed E-state index contributed by atoms with van der Waals surface area (Å²) in [6, 6.07) is 14.1. The lowest BCUT2D eigenvalue weighted by molar-refractivity contribution is 0.0733. The lowest BCUT2D eigenvalue weighted by atomic mass is 10.1. The van der Waals surface area contributed by atoms with Crippen LogP contribution in [0.4, 0.5) is 10.5 Å². The molecule has 7 heteroatoms. The summed E-state index contributed by atoms with van der Waals surface area (Å²) in [6.07, 6.45) is 0. The first-order valence-electron chi connectivity index (χ1n) is 7.62. The van der Waals surface area contributed by atoms with Gasteiger partial charge in [0.15, 0.2) is 0 Å². The van der Waals surface area contributed by atoms with Gasteiger partial charge in [-0.05, 0) is 47.2 Å². The molecule has 1 aromatic carbocycles. The predicted molar refractivity (Wildman–Crippen MR) is 102 cm³/mol. The molecule has 0 fully saturated rings. The zero-order valence-electron chi connectivity index (χ0n) is 13.3. The van der Waals surface area contributed by atoms with E-state index in [1.54, 1.807) is 46.9 Å². The fraction of sp³-hybridized carbons (Fsp3) is 0.111. The summed E-state index contributed by atoms with van der Waals surface area (Å²) in [7, 11) is 0. The molecule has 3 N–H and O–H groups in total. The molecule has 0 saturated heterocycles. The smallest absolute Gasteiger partial charge is 0.316 e. The molecule has 0 aliphatic rings. The molecule has 3 aromatic rings. The van der Waals surface area contributed by atoms with Crippen molar-refractivity contribution >= 4 is 40.3 Å². The Labute approximate surface area is 153 Å². The molecule has 0 atom stereocenters. The third-order valence-electron chi connectivity index (χ3n) is 3.54. The fourth-order valence-electron chi connectivity index (χ4n) is 2.40.